The number of hydrogen-bond donors (Lipinski definition) is 1. The average molecular weight is 311 g/mol. The van der Waals surface area contributed by atoms with Gasteiger partial charge in [-0.05, 0) is 32.1 Å². The van der Waals surface area contributed by atoms with Crippen LogP contribution in [0.4, 0.5) is 0 Å². The average Bonchev–Trinajstić information content (AvgIpc) is 2.52. The molecular weight excluding hydrogens is 272 g/mol. The Labute approximate surface area is 138 Å². The summed E-state index contributed by atoms with van der Waals surface area (Å²) in [6, 6.07) is 0. The van der Waals surface area contributed by atoms with Crippen LogP contribution in [0.5, 0.6) is 0 Å². The van der Waals surface area contributed by atoms with Gasteiger partial charge in [-0.1, -0.05) is 76.9 Å². The van der Waals surface area contributed by atoms with E-state index in [1.807, 2.05) is 0 Å². The SMILES string of the molecule is CCCCCCC(O)CC=CCCCCCCCCCC=O. The lowest BCUT2D eigenvalue weighted by Gasteiger charge is -2.07. The summed E-state index contributed by atoms with van der Waals surface area (Å²) >= 11 is 0. The van der Waals surface area contributed by atoms with Crippen molar-refractivity contribution in [2.75, 3.05) is 0 Å². The van der Waals surface area contributed by atoms with Crippen LogP contribution in [0.15, 0.2) is 12.2 Å². The molecule has 0 saturated heterocycles. The highest BCUT2D eigenvalue weighted by atomic mass is 16.3. The van der Waals surface area contributed by atoms with Crippen molar-refractivity contribution in [3.63, 3.8) is 0 Å². The van der Waals surface area contributed by atoms with E-state index in [2.05, 4.69) is 19.1 Å². The number of aliphatic hydroxyl groups excluding tert-OH is 1. The predicted octanol–water partition coefficient (Wildman–Crippen LogP) is 5.97. The zero-order chi connectivity index (χ0) is 16.3. The van der Waals surface area contributed by atoms with Gasteiger partial charge in [-0.3, -0.25) is 0 Å². The topological polar surface area (TPSA) is 37.3 Å². The van der Waals surface area contributed by atoms with E-state index in [-0.39, 0.29) is 6.10 Å². The zero-order valence-electron chi connectivity index (χ0n) is 14.8. The Kier molecular flexibility index (Phi) is 17.9. The highest BCUT2D eigenvalue weighted by Crippen LogP contribution is 2.11. The molecule has 22 heavy (non-hydrogen) atoms. The van der Waals surface area contributed by atoms with Crippen LogP contribution in [-0.4, -0.2) is 17.5 Å². The Morgan fingerprint density at radius 3 is 2.00 bits per heavy atom. The Bertz CT molecular complexity index is 248. The molecule has 0 aliphatic heterocycles. The number of carbonyl (C=O) groups is 1. The van der Waals surface area contributed by atoms with Gasteiger partial charge in [0, 0.05) is 6.42 Å². The van der Waals surface area contributed by atoms with Gasteiger partial charge in [0.15, 0.2) is 0 Å². The van der Waals surface area contributed by atoms with Gasteiger partial charge < -0.3 is 9.90 Å². The van der Waals surface area contributed by atoms with Crippen molar-refractivity contribution in [2.45, 2.75) is 109 Å². The van der Waals surface area contributed by atoms with E-state index in [9.17, 15) is 9.90 Å². The summed E-state index contributed by atoms with van der Waals surface area (Å²) in [5.74, 6) is 0. The number of hydrogen-bond acceptors (Lipinski definition) is 2. The van der Waals surface area contributed by atoms with Crippen molar-refractivity contribution < 1.29 is 9.90 Å². The standard InChI is InChI=1S/C20H38O2/c1-2-3-4-14-17-20(22)18-15-12-10-8-6-5-7-9-11-13-16-19-21/h12,15,19-20,22H,2-11,13-14,16-18H2,1H3. The number of carbonyl (C=O) groups excluding carboxylic acids is 1. The fraction of sp³-hybridized carbons (Fsp3) is 0.850. The van der Waals surface area contributed by atoms with Crippen molar-refractivity contribution in [3.05, 3.63) is 12.2 Å². The zero-order valence-corrected chi connectivity index (χ0v) is 14.8. The summed E-state index contributed by atoms with van der Waals surface area (Å²) < 4.78 is 0. The lowest BCUT2D eigenvalue weighted by molar-refractivity contribution is -0.107. The van der Waals surface area contributed by atoms with E-state index in [0.29, 0.717) is 0 Å². The lowest BCUT2D eigenvalue weighted by atomic mass is 10.1. The van der Waals surface area contributed by atoms with Crippen LogP contribution < -0.4 is 0 Å². The molecule has 0 aromatic rings. The second-order valence-electron chi connectivity index (χ2n) is 6.43. The lowest BCUT2D eigenvalue weighted by Crippen LogP contribution is -2.04. The van der Waals surface area contributed by atoms with Crippen LogP contribution in [0.25, 0.3) is 0 Å². The van der Waals surface area contributed by atoms with Crippen LogP contribution in [-0.2, 0) is 4.79 Å². The normalized spacial score (nSPS) is 12.8. The van der Waals surface area contributed by atoms with Crippen LogP contribution in [0.3, 0.4) is 0 Å². The summed E-state index contributed by atoms with van der Waals surface area (Å²) in [6.45, 7) is 2.22. The minimum atomic E-state index is -0.139. The fourth-order valence-electron chi connectivity index (χ4n) is 2.67. The van der Waals surface area contributed by atoms with E-state index < -0.39 is 0 Å². The number of unbranched alkanes of at least 4 members (excludes halogenated alkanes) is 11. The molecule has 0 aromatic carbocycles. The third kappa shape index (κ3) is 17.4. The second kappa shape index (κ2) is 18.4. The Morgan fingerprint density at radius 1 is 0.773 bits per heavy atom. The third-order valence-electron chi connectivity index (χ3n) is 4.16. The number of allylic oxidation sites excluding steroid dienone is 1. The van der Waals surface area contributed by atoms with Gasteiger partial charge in [-0.25, -0.2) is 0 Å². The van der Waals surface area contributed by atoms with Gasteiger partial charge in [0.25, 0.3) is 0 Å². The van der Waals surface area contributed by atoms with Gasteiger partial charge in [0.2, 0.25) is 0 Å². The molecule has 0 aliphatic carbocycles. The first-order valence-corrected chi connectivity index (χ1v) is 9.58. The summed E-state index contributed by atoms with van der Waals surface area (Å²) in [5.41, 5.74) is 0. The molecule has 130 valence electrons. The first-order chi connectivity index (χ1) is 10.8. The van der Waals surface area contributed by atoms with E-state index in [0.717, 1.165) is 44.8 Å². The van der Waals surface area contributed by atoms with Crippen molar-refractivity contribution in [1.82, 2.24) is 0 Å². The van der Waals surface area contributed by atoms with E-state index in [1.54, 1.807) is 0 Å². The highest BCUT2D eigenvalue weighted by molar-refractivity contribution is 5.48. The van der Waals surface area contributed by atoms with Gasteiger partial charge in [-0.15, -0.1) is 0 Å². The number of aliphatic hydroxyl groups is 1. The maximum atomic E-state index is 10.2. The highest BCUT2D eigenvalue weighted by Gasteiger charge is 2.00. The molecule has 0 rings (SSSR count). The fourth-order valence-corrected chi connectivity index (χ4v) is 2.67. The molecule has 1 unspecified atom stereocenters. The molecule has 0 radical (unpaired) electrons. The van der Waals surface area contributed by atoms with Crippen molar-refractivity contribution in [3.8, 4) is 0 Å². The molecule has 0 fully saturated rings. The van der Waals surface area contributed by atoms with Gasteiger partial charge in [0.1, 0.15) is 6.29 Å². The Hall–Kier alpha value is -0.630. The summed E-state index contributed by atoms with van der Waals surface area (Å²) in [7, 11) is 0. The van der Waals surface area contributed by atoms with Crippen molar-refractivity contribution in [2.24, 2.45) is 0 Å². The largest absolute Gasteiger partial charge is 0.393 e. The van der Waals surface area contributed by atoms with Crippen LogP contribution in [0.1, 0.15) is 103 Å². The molecule has 1 N–H and O–H groups in total. The summed E-state index contributed by atoms with van der Waals surface area (Å²) in [6.07, 6.45) is 22.6. The summed E-state index contributed by atoms with van der Waals surface area (Å²) in [4.78, 5) is 10.2. The number of rotatable bonds is 17. The Morgan fingerprint density at radius 2 is 1.36 bits per heavy atom. The number of aldehydes is 1. The van der Waals surface area contributed by atoms with Crippen LogP contribution in [0, 0.1) is 0 Å². The molecule has 0 amide bonds. The maximum absolute atomic E-state index is 10.2. The van der Waals surface area contributed by atoms with E-state index >= 15 is 0 Å². The second-order valence-corrected chi connectivity index (χ2v) is 6.43. The van der Waals surface area contributed by atoms with Gasteiger partial charge >= 0.3 is 0 Å². The Balaban J connectivity index is 3.21. The minimum Gasteiger partial charge on any atom is -0.393 e. The van der Waals surface area contributed by atoms with Crippen molar-refractivity contribution >= 4 is 6.29 Å². The van der Waals surface area contributed by atoms with Crippen molar-refractivity contribution in [1.29, 1.82) is 0 Å². The smallest absolute Gasteiger partial charge is 0.119 e. The molecule has 1 atom stereocenters. The first kappa shape index (κ1) is 21.4. The molecule has 0 heterocycles. The maximum Gasteiger partial charge on any atom is 0.119 e. The first-order valence-electron chi connectivity index (χ1n) is 9.58. The van der Waals surface area contributed by atoms with E-state index in [1.165, 1.54) is 57.8 Å². The molecule has 0 spiro atoms. The molecule has 0 bridgehead atoms. The molecule has 0 saturated carbocycles. The van der Waals surface area contributed by atoms with Gasteiger partial charge in [-0.2, -0.15) is 0 Å². The molecular formula is C20H38O2. The summed E-state index contributed by atoms with van der Waals surface area (Å²) in [5, 5.41) is 9.84. The van der Waals surface area contributed by atoms with Gasteiger partial charge in [0.05, 0.1) is 6.10 Å². The van der Waals surface area contributed by atoms with Crippen LogP contribution in [0.2, 0.25) is 0 Å². The predicted molar refractivity (Wildman–Crippen MR) is 96.1 cm³/mol. The quantitative estimate of drug-likeness (QED) is 0.204. The monoisotopic (exact) mass is 310 g/mol. The van der Waals surface area contributed by atoms with Crippen LogP contribution >= 0.6 is 0 Å². The molecule has 2 nitrogen and oxygen atoms in total. The van der Waals surface area contributed by atoms with E-state index in [4.69, 9.17) is 0 Å². The molecule has 0 aromatic heterocycles. The molecule has 0 aliphatic rings. The third-order valence-corrected chi connectivity index (χ3v) is 4.16. The molecule has 2 heteroatoms. The minimum absolute atomic E-state index is 0.139.